The van der Waals surface area contributed by atoms with Crippen molar-refractivity contribution in [1.82, 2.24) is 0 Å². The summed E-state index contributed by atoms with van der Waals surface area (Å²) in [4.78, 5) is 24.4. The van der Waals surface area contributed by atoms with Gasteiger partial charge in [0, 0.05) is 16.8 Å². The Labute approximate surface area is 147 Å². The summed E-state index contributed by atoms with van der Waals surface area (Å²) in [5.41, 5.74) is -1.43. The number of fused-ring (bicyclic) bond motifs is 1. The molecule has 0 bridgehead atoms. The van der Waals surface area contributed by atoms with E-state index >= 15 is 0 Å². The van der Waals surface area contributed by atoms with Crippen LogP contribution < -0.4 is 9.47 Å². The maximum atomic E-state index is 12.3. The van der Waals surface area contributed by atoms with E-state index in [2.05, 4.69) is 0 Å². The number of benzene rings is 2. The number of hydrogen-bond acceptors (Lipinski definition) is 5. The molecule has 0 amide bonds. The van der Waals surface area contributed by atoms with Gasteiger partial charge in [-0.2, -0.15) is 0 Å². The molecule has 0 saturated carbocycles. The molecule has 0 aromatic heterocycles. The van der Waals surface area contributed by atoms with Gasteiger partial charge in [0.25, 0.3) is 0 Å². The highest BCUT2D eigenvalue weighted by molar-refractivity contribution is 5.97. The molecule has 0 spiro atoms. The first kappa shape index (κ1) is 18.8. The summed E-state index contributed by atoms with van der Waals surface area (Å²) in [7, 11) is 0. The highest BCUT2D eigenvalue weighted by Crippen LogP contribution is 2.42. The van der Waals surface area contributed by atoms with Crippen LogP contribution in [0.25, 0.3) is 10.8 Å². The van der Waals surface area contributed by atoms with Crippen molar-refractivity contribution in [1.29, 1.82) is 0 Å². The minimum Gasteiger partial charge on any atom is -0.504 e. The van der Waals surface area contributed by atoms with Crippen molar-refractivity contribution >= 4 is 22.7 Å². The summed E-state index contributed by atoms with van der Waals surface area (Å²) in [6, 6.07) is 8.30. The number of aromatic hydroxyl groups is 1. The summed E-state index contributed by atoms with van der Waals surface area (Å²) >= 11 is 0. The van der Waals surface area contributed by atoms with Crippen LogP contribution in [-0.4, -0.2) is 17.0 Å². The monoisotopic (exact) mass is 344 g/mol. The second-order valence-electron chi connectivity index (χ2n) is 8.05. The summed E-state index contributed by atoms with van der Waals surface area (Å²) in [6.45, 7) is 10.4. The zero-order chi connectivity index (χ0) is 19.0. The number of carbonyl (C=O) groups excluding carboxylic acids is 2. The van der Waals surface area contributed by atoms with Gasteiger partial charge < -0.3 is 14.6 Å². The topological polar surface area (TPSA) is 72.8 Å². The quantitative estimate of drug-likeness (QED) is 0.644. The molecule has 0 aliphatic rings. The Balaban J connectivity index is 2.55. The Morgan fingerprint density at radius 3 is 1.72 bits per heavy atom. The van der Waals surface area contributed by atoms with E-state index in [9.17, 15) is 14.7 Å². The minimum absolute atomic E-state index is 0.0321. The summed E-state index contributed by atoms with van der Waals surface area (Å²) in [6.07, 6.45) is 0. The van der Waals surface area contributed by atoms with Gasteiger partial charge in [-0.3, -0.25) is 9.59 Å². The molecule has 0 radical (unpaired) electrons. The lowest BCUT2D eigenvalue weighted by molar-refractivity contribution is -0.143. The third-order valence-corrected chi connectivity index (χ3v) is 3.57. The number of phenolic OH excluding ortho intramolecular Hbond substituents is 1. The molecule has 134 valence electrons. The van der Waals surface area contributed by atoms with E-state index < -0.39 is 22.8 Å². The molecule has 0 heterocycles. The highest BCUT2D eigenvalue weighted by Gasteiger charge is 2.28. The molecule has 5 heteroatoms. The molecular weight excluding hydrogens is 320 g/mol. The van der Waals surface area contributed by atoms with Gasteiger partial charge in [-0.15, -0.1) is 0 Å². The Morgan fingerprint density at radius 1 is 0.800 bits per heavy atom. The van der Waals surface area contributed by atoms with Crippen molar-refractivity contribution in [2.24, 2.45) is 10.8 Å². The lowest BCUT2D eigenvalue weighted by Gasteiger charge is -2.20. The number of carbonyl (C=O) groups is 2. The summed E-state index contributed by atoms with van der Waals surface area (Å²) in [5.74, 6) is -0.869. The number of ether oxygens (including phenoxy) is 2. The second kappa shape index (κ2) is 6.39. The standard InChI is InChI=1S/C20H24O5/c1-19(2,3)17(22)24-14-11-15(25-18(23)20(4,5)6)16(21)13-10-8-7-9-12(13)14/h7-11,21H,1-6H3. The van der Waals surface area contributed by atoms with E-state index in [4.69, 9.17) is 9.47 Å². The Morgan fingerprint density at radius 2 is 1.24 bits per heavy atom. The predicted octanol–water partition coefficient (Wildman–Crippen LogP) is 4.45. The molecule has 0 fully saturated rings. The van der Waals surface area contributed by atoms with Crippen LogP contribution in [0.3, 0.4) is 0 Å². The SMILES string of the molecule is CC(C)(C)C(=O)Oc1cc(OC(=O)C(C)(C)C)c2ccccc2c1O. The molecule has 25 heavy (non-hydrogen) atoms. The van der Waals surface area contributed by atoms with Crippen LogP contribution in [0.5, 0.6) is 17.2 Å². The van der Waals surface area contributed by atoms with Crippen LogP contribution >= 0.6 is 0 Å². The Bertz CT molecular complexity index is 822. The van der Waals surface area contributed by atoms with Gasteiger partial charge in [-0.1, -0.05) is 24.3 Å². The third-order valence-electron chi connectivity index (χ3n) is 3.57. The fourth-order valence-electron chi connectivity index (χ4n) is 1.97. The molecule has 2 rings (SSSR count). The largest absolute Gasteiger partial charge is 0.504 e. The molecular formula is C20H24O5. The van der Waals surface area contributed by atoms with Gasteiger partial charge in [0.1, 0.15) is 5.75 Å². The van der Waals surface area contributed by atoms with Crippen LogP contribution in [0.2, 0.25) is 0 Å². The smallest absolute Gasteiger partial charge is 0.316 e. The average Bonchev–Trinajstić information content (AvgIpc) is 2.49. The first-order valence-electron chi connectivity index (χ1n) is 8.10. The van der Waals surface area contributed by atoms with Crippen LogP contribution in [0.15, 0.2) is 30.3 Å². The highest BCUT2D eigenvalue weighted by atomic mass is 16.6. The zero-order valence-corrected chi connectivity index (χ0v) is 15.5. The van der Waals surface area contributed by atoms with Gasteiger partial charge in [-0.05, 0) is 41.5 Å². The molecule has 0 aliphatic heterocycles. The van der Waals surface area contributed by atoms with Gasteiger partial charge in [0.2, 0.25) is 0 Å². The second-order valence-corrected chi connectivity index (χ2v) is 8.05. The van der Waals surface area contributed by atoms with Crippen LogP contribution in [0, 0.1) is 10.8 Å². The first-order chi connectivity index (χ1) is 11.4. The Kier molecular flexibility index (Phi) is 4.80. The molecule has 0 aliphatic carbocycles. The van der Waals surface area contributed by atoms with Crippen LogP contribution in [0.4, 0.5) is 0 Å². The number of phenols is 1. The van der Waals surface area contributed by atoms with Crippen molar-refractivity contribution in [2.45, 2.75) is 41.5 Å². The average molecular weight is 344 g/mol. The maximum Gasteiger partial charge on any atom is 0.316 e. The van der Waals surface area contributed by atoms with Crippen LogP contribution in [-0.2, 0) is 9.59 Å². The van der Waals surface area contributed by atoms with Crippen molar-refractivity contribution in [3.63, 3.8) is 0 Å². The molecule has 1 N–H and O–H groups in total. The molecule has 0 atom stereocenters. The lowest BCUT2D eigenvalue weighted by atomic mass is 9.97. The van der Waals surface area contributed by atoms with E-state index in [0.29, 0.717) is 10.8 Å². The molecule has 2 aromatic rings. The Hall–Kier alpha value is -2.56. The zero-order valence-electron chi connectivity index (χ0n) is 15.5. The van der Waals surface area contributed by atoms with Crippen molar-refractivity contribution in [2.75, 3.05) is 0 Å². The van der Waals surface area contributed by atoms with Crippen LogP contribution in [0.1, 0.15) is 41.5 Å². The lowest BCUT2D eigenvalue weighted by Crippen LogP contribution is -2.26. The predicted molar refractivity (Wildman–Crippen MR) is 95.8 cm³/mol. The van der Waals surface area contributed by atoms with Crippen molar-refractivity contribution in [3.05, 3.63) is 30.3 Å². The van der Waals surface area contributed by atoms with Crippen molar-refractivity contribution < 1.29 is 24.2 Å². The summed E-state index contributed by atoms with van der Waals surface area (Å²) in [5, 5.41) is 11.5. The van der Waals surface area contributed by atoms with Gasteiger partial charge in [-0.25, -0.2) is 0 Å². The van der Waals surface area contributed by atoms with Gasteiger partial charge in [0.15, 0.2) is 11.5 Å². The molecule has 0 unspecified atom stereocenters. The minimum atomic E-state index is -0.736. The third kappa shape index (κ3) is 4.10. The van der Waals surface area contributed by atoms with E-state index in [1.54, 1.807) is 65.8 Å². The first-order valence-corrected chi connectivity index (χ1v) is 8.10. The van der Waals surface area contributed by atoms with E-state index in [0.717, 1.165) is 0 Å². The van der Waals surface area contributed by atoms with E-state index in [1.807, 2.05) is 0 Å². The normalized spacial score (nSPS) is 12.1. The molecule has 2 aromatic carbocycles. The van der Waals surface area contributed by atoms with Crippen molar-refractivity contribution in [3.8, 4) is 17.2 Å². The van der Waals surface area contributed by atoms with E-state index in [1.165, 1.54) is 6.07 Å². The fraction of sp³-hybridized carbons (Fsp3) is 0.400. The number of hydrogen-bond donors (Lipinski definition) is 1. The maximum absolute atomic E-state index is 12.3. The fourth-order valence-corrected chi connectivity index (χ4v) is 1.97. The molecule has 0 saturated heterocycles. The van der Waals surface area contributed by atoms with E-state index in [-0.39, 0.29) is 17.2 Å². The van der Waals surface area contributed by atoms with Gasteiger partial charge >= 0.3 is 11.9 Å². The number of rotatable bonds is 2. The molecule has 5 nitrogen and oxygen atoms in total. The summed E-state index contributed by atoms with van der Waals surface area (Å²) < 4.78 is 10.9. The number of esters is 2. The van der Waals surface area contributed by atoms with Gasteiger partial charge in [0.05, 0.1) is 10.8 Å².